The number of nitrogens with one attached hydrogen (secondary N) is 1. The first-order valence-electron chi connectivity index (χ1n) is 11.0. The number of thiazole rings is 2. The van der Waals surface area contributed by atoms with Gasteiger partial charge in [-0.3, -0.25) is 14.9 Å². The summed E-state index contributed by atoms with van der Waals surface area (Å²) in [6.45, 7) is 9.37. The van der Waals surface area contributed by atoms with E-state index in [2.05, 4.69) is 22.2 Å². The van der Waals surface area contributed by atoms with Gasteiger partial charge in [0.15, 0.2) is 11.7 Å². The summed E-state index contributed by atoms with van der Waals surface area (Å²) in [6, 6.07) is 5.86. The van der Waals surface area contributed by atoms with Crippen molar-refractivity contribution in [2.45, 2.75) is 46.5 Å². The van der Waals surface area contributed by atoms with Crippen molar-refractivity contribution in [2.24, 2.45) is 0 Å². The Labute approximate surface area is 201 Å². The Morgan fingerprint density at radius 2 is 1.88 bits per heavy atom. The van der Waals surface area contributed by atoms with Crippen LogP contribution >= 0.6 is 22.7 Å². The van der Waals surface area contributed by atoms with Crippen LogP contribution < -0.4 is 10.1 Å². The number of carbonyl (C=O) groups is 2. The van der Waals surface area contributed by atoms with E-state index in [1.807, 2.05) is 43.9 Å². The first kappa shape index (κ1) is 23.4. The molecule has 0 saturated carbocycles. The number of piperidine rings is 1. The van der Waals surface area contributed by atoms with Crippen LogP contribution in [0.3, 0.4) is 0 Å². The molecule has 0 spiro atoms. The predicted octanol–water partition coefficient (Wildman–Crippen LogP) is 4.87. The zero-order chi connectivity index (χ0) is 23.5. The van der Waals surface area contributed by atoms with Gasteiger partial charge in [-0.15, -0.1) is 22.7 Å². The highest BCUT2D eigenvalue weighted by Gasteiger charge is 2.26. The van der Waals surface area contributed by atoms with Gasteiger partial charge in [0.1, 0.15) is 11.4 Å². The zero-order valence-corrected chi connectivity index (χ0v) is 20.9. The molecule has 0 atom stereocenters. The topological polar surface area (TPSA) is 84.4 Å². The Morgan fingerprint density at radius 1 is 1.12 bits per heavy atom. The Kier molecular flexibility index (Phi) is 7.09. The molecule has 174 valence electrons. The number of nitrogens with zero attached hydrogens (tertiary/aromatic N) is 3. The lowest BCUT2D eigenvalue weighted by molar-refractivity contribution is -0.134. The van der Waals surface area contributed by atoms with E-state index in [1.165, 1.54) is 28.2 Å². The van der Waals surface area contributed by atoms with Crippen LogP contribution in [0, 0.1) is 27.7 Å². The lowest BCUT2D eigenvalue weighted by Crippen LogP contribution is -2.40. The second kappa shape index (κ2) is 10.0. The monoisotopic (exact) mass is 484 g/mol. The van der Waals surface area contributed by atoms with Crippen LogP contribution in [-0.2, 0) is 4.79 Å². The number of amides is 2. The fourth-order valence-electron chi connectivity index (χ4n) is 3.68. The van der Waals surface area contributed by atoms with Crippen LogP contribution in [0.1, 0.15) is 56.0 Å². The minimum Gasteiger partial charge on any atom is -0.484 e. The van der Waals surface area contributed by atoms with Crippen LogP contribution in [0.2, 0.25) is 0 Å². The molecule has 7 nitrogen and oxygen atoms in total. The SMILES string of the molecule is Cc1ccc(OCC(=O)N2CCC(c3nc(C(=O)Nc4nc(C)c(C)s4)cs3)CC2)cc1C. The lowest BCUT2D eigenvalue weighted by atomic mass is 9.97. The maximum absolute atomic E-state index is 12.6. The Balaban J connectivity index is 1.27. The number of ether oxygens (including phenoxy) is 1. The van der Waals surface area contributed by atoms with E-state index in [1.54, 1.807) is 5.38 Å². The molecule has 1 saturated heterocycles. The number of aromatic nitrogens is 2. The second-order valence-corrected chi connectivity index (χ2v) is 10.5. The normalized spacial score (nSPS) is 14.4. The summed E-state index contributed by atoms with van der Waals surface area (Å²) in [5.74, 6) is 0.742. The number of carbonyl (C=O) groups excluding carboxylic acids is 2. The maximum atomic E-state index is 12.6. The summed E-state index contributed by atoms with van der Waals surface area (Å²) in [5, 5.41) is 6.18. The Bertz CT molecular complexity index is 1140. The fourth-order valence-corrected chi connectivity index (χ4v) is 5.46. The van der Waals surface area contributed by atoms with Gasteiger partial charge in [-0.25, -0.2) is 9.97 Å². The van der Waals surface area contributed by atoms with Crippen LogP contribution in [0.4, 0.5) is 5.13 Å². The molecular weight excluding hydrogens is 456 g/mol. The summed E-state index contributed by atoms with van der Waals surface area (Å²) >= 11 is 2.97. The zero-order valence-electron chi connectivity index (χ0n) is 19.3. The standard InChI is InChI=1S/C24H28N4O3S2/c1-14-5-6-19(11-15(14)2)31-12-21(29)28-9-7-18(8-10-28)23-26-20(13-32-23)22(30)27-24-25-16(3)17(4)33-24/h5-6,11,13,18H,7-10,12H2,1-4H3,(H,25,27,30). The molecule has 0 aliphatic carbocycles. The van der Waals surface area contributed by atoms with Gasteiger partial charge < -0.3 is 9.64 Å². The van der Waals surface area contributed by atoms with E-state index in [0.717, 1.165) is 39.7 Å². The third-order valence-corrected chi connectivity index (χ3v) is 8.04. The van der Waals surface area contributed by atoms with Gasteiger partial charge >= 0.3 is 0 Å². The van der Waals surface area contributed by atoms with E-state index in [0.29, 0.717) is 23.9 Å². The van der Waals surface area contributed by atoms with Gasteiger partial charge in [-0.2, -0.15) is 0 Å². The van der Waals surface area contributed by atoms with Crippen molar-refractivity contribution in [1.82, 2.24) is 14.9 Å². The molecule has 4 rings (SSSR count). The Hall–Kier alpha value is -2.78. The van der Waals surface area contributed by atoms with Gasteiger partial charge in [0.25, 0.3) is 11.8 Å². The van der Waals surface area contributed by atoms with Gasteiger partial charge in [-0.05, 0) is 63.8 Å². The predicted molar refractivity (Wildman–Crippen MR) is 132 cm³/mol. The van der Waals surface area contributed by atoms with Crippen LogP contribution in [0.5, 0.6) is 5.75 Å². The summed E-state index contributed by atoms with van der Waals surface area (Å²) < 4.78 is 5.71. The van der Waals surface area contributed by atoms with Crippen molar-refractivity contribution in [3.8, 4) is 5.75 Å². The van der Waals surface area contributed by atoms with Crippen molar-refractivity contribution in [3.05, 3.63) is 56.0 Å². The molecule has 2 aromatic heterocycles. The number of hydrogen-bond acceptors (Lipinski definition) is 7. The second-order valence-electron chi connectivity index (χ2n) is 8.38. The number of aryl methyl sites for hydroxylation is 4. The molecule has 1 aromatic carbocycles. The third-order valence-electron chi connectivity index (χ3n) is 6.04. The average molecular weight is 485 g/mol. The molecule has 0 radical (unpaired) electrons. The largest absolute Gasteiger partial charge is 0.484 e. The van der Waals surface area contributed by atoms with Crippen molar-refractivity contribution in [1.29, 1.82) is 0 Å². The third kappa shape index (κ3) is 5.59. The summed E-state index contributed by atoms with van der Waals surface area (Å²) in [6.07, 6.45) is 1.66. The first-order valence-corrected chi connectivity index (χ1v) is 12.7. The van der Waals surface area contributed by atoms with Crippen molar-refractivity contribution in [3.63, 3.8) is 0 Å². The minimum absolute atomic E-state index is 0.0000756. The molecule has 1 fully saturated rings. The lowest BCUT2D eigenvalue weighted by Gasteiger charge is -2.31. The highest BCUT2D eigenvalue weighted by atomic mass is 32.1. The molecule has 1 aliphatic heterocycles. The van der Waals surface area contributed by atoms with Crippen molar-refractivity contribution < 1.29 is 14.3 Å². The van der Waals surface area contributed by atoms with Crippen molar-refractivity contribution in [2.75, 3.05) is 25.0 Å². The number of likely N-dealkylation sites (tertiary alicyclic amines) is 1. The maximum Gasteiger partial charge on any atom is 0.276 e. The molecule has 0 unspecified atom stereocenters. The summed E-state index contributed by atoms with van der Waals surface area (Å²) in [7, 11) is 0. The fraction of sp³-hybridized carbons (Fsp3) is 0.417. The summed E-state index contributed by atoms with van der Waals surface area (Å²) in [4.78, 5) is 37.0. The number of benzene rings is 1. The molecule has 1 N–H and O–H groups in total. The molecule has 9 heteroatoms. The van der Waals surface area contributed by atoms with Crippen LogP contribution in [0.15, 0.2) is 23.6 Å². The van der Waals surface area contributed by atoms with Gasteiger partial charge in [0.2, 0.25) is 0 Å². The van der Waals surface area contributed by atoms with E-state index < -0.39 is 0 Å². The van der Waals surface area contributed by atoms with Crippen molar-refractivity contribution >= 4 is 39.6 Å². The molecule has 33 heavy (non-hydrogen) atoms. The van der Waals surface area contributed by atoms with E-state index in [-0.39, 0.29) is 24.3 Å². The highest BCUT2D eigenvalue weighted by Crippen LogP contribution is 2.31. The highest BCUT2D eigenvalue weighted by molar-refractivity contribution is 7.15. The van der Waals surface area contributed by atoms with Gasteiger partial charge in [-0.1, -0.05) is 6.07 Å². The minimum atomic E-state index is -0.234. The van der Waals surface area contributed by atoms with E-state index in [4.69, 9.17) is 4.74 Å². The quantitative estimate of drug-likeness (QED) is 0.540. The average Bonchev–Trinajstić information content (AvgIpc) is 3.41. The van der Waals surface area contributed by atoms with Gasteiger partial charge in [0, 0.05) is 29.3 Å². The number of hydrogen-bond donors (Lipinski definition) is 1. The number of anilines is 1. The van der Waals surface area contributed by atoms with Gasteiger partial charge in [0.05, 0.1) is 10.7 Å². The molecule has 3 aromatic rings. The smallest absolute Gasteiger partial charge is 0.276 e. The molecule has 0 bridgehead atoms. The Morgan fingerprint density at radius 3 is 2.55 bits per heavy atom. The number of rotatable bonds is 6. The molecule has 1 aliphatic rings. The molecule has 2 amide bonds. The molecule has 3 heterocycles. The molecular formula is C24H28N4O3S2. The van der Waals surface area contributed by atoms with E-state index >= 15 is 0 Å². The first-order chi connectivity index (χ1) is 15.8. The van der Waals surface area contributed by atoms with E-state index in [9.17, 15) is 9.59 Å². The van der Waals surface area contributed by atoms with Crippen LogP contribution in [0.25, 0.3) is 0 Å². The van der Waals surface area contributed by atoms with Crippen LogP contribution in [-0.4, -0.2) is 46.4 Å². The summed E-state index contributed by atoms with van der Waals surface area (Å²) in [5.41, 5.74) is 3.69.